The van der Waals surface area contributed by atoms with Gasteiger partial charge in [-0.3, -0.25) is 24.5 Å². The second-order valence-corrected chi connectivity index (χ2v) is 8.66. The molecule has 0 saturated carbocycles. The monoisotopic (exact) mass is 480 g/mol. The number of benzene rings is 2. The van der Waals surface area contributed by atoms with Gasteiger partial charge in [-0.05, 0) is 49.4 Å². The van der Waals surface area contributed by atoms with Crippen molar-refractivity contribution in [2.45, 2.75) is 17.3 Å². The third-order valence-corrected chi connectivity index (χ3v) is 5.89. The summed E-state index contributed by atoms with van der Waals surface area (Å²) in [5.74, 6) is 0.285. The van der Waals surface area contributed by atoms with Gasteiger partial charge in [-0.15, -0.1) is 10.2 Å². The highest BCUT2D eigenvalue weighted by Crippen LogP contribution is 2.31. The van der Waals surface area contributed by atoms with Crippen LogP contribution in [-0.4, -0.2) is 35.8 Å². The van der Waals surface area contributed by atoms with E-state index in [9.17, 15) is 14.9 Å². The van der Waals surface area contributed by atoms with Gasteiger partial charge in [0.05, 0.1) is 15.9 Å². The lowest BCUT2D eigenvalue weighted by Crippen LogP contribution is -2.22. The lowest BCUT2D eigenvalue weighted by atomic mass is 10.2. The molecule has 0 fully saturated rings. The number of carbonyl (C=O) groups is 1. The van der Waals surface area contributed by atoms with Gasteiger partial charge >= 0.3 is 0 Å². The van der Waals surface area contributed by atoms with Crippen LogP contribution in [-0.2, 0) is 4.79 Å². The molecule has 2 heterocycles. The molecular formula is C22H17ClN6O3S. The Balaban J connectivity index is 1.60. The Labute approximate surface area is 198 Å². The fourth-order valence-electron chi connectivity index (χ4n) is 3.00. The number of carbonyl (C=O) groups excluding carboxylic acids is 1. The topological polar surface area (TPSA) is 116 Å². The van der Waals surface area contributed by atoms with E-state index in [-0.39, 0.29) is 11.6 Å². The van der Waals surface area contributed by atoms with Crippen LogP contribution >= 0.6 is 23.4 Å². The molecule has 0 aliphatic carbocycles. The van der Waals surface area contributed by atoms with E-state index in [4.69, 9.17) is 11.6 Å². The molecule has 2 aromatic carbocycles. The minimum Gasteiger partial charge on any atom is -0.325 e. The fraction of sp³-hybridized carbons (Fsp3) is 0.0909. The van der Waals surface area contributed by atoms with Crippen molar-refractivity contribution in [2.24, 2.45) is 0 Å². The van der Waals surface area contributed by atoms with E-state index in [1.54, 1.807) is 37.5 Å². The summed E-state index contributed by atoms with van der Waals surface area (Å²) in [4.78, 5) is 27.2. The number of amides is 1. The minimum atomic E-state index is -0.538. The number of nitrogens with zero attached hydrogens (tertiary/aromatic N) is 5. The SMILES string of the molecule is C[C@H](Sc1nnc(-c2cccnc2)n1-c1cccc(Cl)c1)C(=O)Nc1ccc([N+](=O)[O-])cc1. The maximum Gasteiger partial charge on any atom is 0.269 e. The van der Waals surface area contributed by atoms with E-state index in [1.165, 1.54) is 36.0 Å². The van der Waals surface area contributed by atoms with Crippen molar-refractivity contribution in [3.63, 3.8) is 0 Å². The average molecular weight is 481 g/mol. The summed E-state index contributed by atoms with van der Waals surface area (Å²) in [5, 5.41) is 22.7. The number of rotatable bonds is 7. The normalized spacial score (nSPS) is 11.7. The second kappa shape index (κ2) is 9.80. The first-order valence-corrected chi connectivity index (χ1v) is 11.0. The second-order valence-electron chi connectivity index (χ2n) is 6.92. The Morgan fingerprint density at radius 2 is 1.94 bits per heavy atom. The van der Waals surface area contributed by atoms with Crippen LogP contribution in [0.25, 0.3) is 17.1 Å². The molecule has 33 heavy (non-hydrogen) atoms. The van der Waals surface area contributed by atoms with Crippen molar-refractivity contribution in [2.75, 3.05) is 5.32 Å². The molecule has 0 aliphatic heterocycles. The summed E-state index contributed by atoms with van der Waals surface area (Å²) in [6.07, 6.45) is 3.36. The molecular weight excluding hydrogens is 464 g/mol. The van der Waals surface area contributed by atoms with E-state index in [0.717, 1.165) is 11.3 Å². The maximum absolute atomic E-state index is 12.8. The van der Waals surface area contributed by atoms with Gasteiger partial charge in [-0.1, -0.05) is 29.4 Å². The molecule has 4 rings (SSSR count). The Morgan fingerprint density at radius 1 is 1.15 bits per heavy atom. The molecule has 2 aromatic heterocycles. The first-order chi connectivity index (χ1) is 15.9. The number of anilines is 1. The van der Waals surface area contributed by atoms with Crippen LogP contribution in [0.15, 0.2) is 78.2 Å². The lowest BCUT2D eigenvalue weighted by Gasteiger charge is -2.14. The van der Waals surface area contributed by atoms with Crippen LogP contribution in [0.1, 0.15) is 6.92 Å². The van der Waals surface area contributed by atoms with Gasteiger partial charge in [0.2, 0.25) is 5.91 Å². The van der Waals surface area contributed by atoms with Gasteiger partial charge in [0, 0.05) is 40.8 Å². The minimum absolute atomic E-state index is 0.0482. The molecule has 0 aliphatic rings. The summed E-state index contributed by atoms with van der Waals surface area (Å²) in [7, 11) is 0. The first kappa shape index (κ1) is 22.4. The largest absolute Gasteiger partial charge is 0.325 e. The van der Waals surface area contributed by atoms with Gasteiger partial charge in [-0.25, -0.2) is 0 Å². The van der Waals surface area contributed by atoms with E-state index < -0.39 is 10.2 Å². The van der Waals surface area contributed by atoms with Crippen molar-refractivity contribution in [1.82, 2.24) is 19.7 Å². The van der Waals surface area contributed by atoms with Crippen LogP contribution in [0.5, 0.6) is 0 Å². The first-order valence-electron chi connectivity index (χ1n) is 9.76. The molecule has 9 nitrogen and oxygen atoms in total. The number of thioether (sulfide) groups is 1. The molecule has 1 amide bonds. The zero-order valence-electron chi connectivity index (χ0n) is 17.3. The average Bonchev–Trinajstić information content (AvgIpc) is 3.23. The molecule has 0 spiro atoms. The summed E-state index contributed by atoms with van der Waals surface area (Å²) in [6.45, 7) is 1.74. The Hall–Kier alpha value is -3.76. The molecule has 11 heteroatoms. The highest BCUT2D eigenvalue weighted by Gasteiger charge is 2.22. The summed E-state index contributed by atoms with van der Waals surface area (Å²) >= 11 is 7.44. The standard InChI is InChI=1S/C22H17ClN6O3S/c1-14(21(30)25-17-7-9-18(10-8-17)29(31)32)33-22-27-26-20(15-4-3-11-24-13-15)28(22)19-6-2-5-16(23)12-19/h2-14H,1H3,(H,25,30)/t14-/m0/s1. The summed E-state index contributed by atoms with van der Waals surface area (Å²) in [5.41, 5.74) is 1.93. The smallest absolute Gasteiger partial charge is 0.269 e. The predicted octanol–water partition coefficient (Wildman–Crippen LogP) is 5.01. The quantitative estimate of drug-likeness (QED) is 0.224. The maximum atomic E-state index is 12.8. The number of nitro groups is 1. The number of nitrogens with one attached hydrogen (secondary N) is 1. The molecule has 0 radical (unpaired) electrons. The van der Waals surface area contributed by atoms with E-state index >= 15 is 0 Å². The Morgan fingerprint density at radius 3 is 2.61 bits per heavy atom. The van der Waals surface area contributed by atoms with Crippen LogP contribution < -0.4 is 5.32 Å². The summed E-state index contributed by atoms with van der Waals surface area (Å²) in [6, 6.07) is 16.6. The number of hydrogen-bond donors (Lipinski definition) is 1. The van der Waals surface area contributed by atoms with E-state index in [2.05, 4.69) is 20.5 Å². The molecule has 0 saturated heterocycles. The fourth-order valence-corrected chi connectivity index (χ4v) is 4.05. The van der Waals surface area contributed by atoms with Crippen molar-refractivity contribution in [1.29, 1.82) is 0 Å². The number of pyridine rings is 1. The summed E-state index contributed by atoms with van der Waals surface area (Å²) < 4.78 is 1.82. The van der Waals surface area contributed by atoms with Crippen LogP contribution in [0.2, 0.25) is 5.02 Å². The van der Waals surface area contributed by atoms with Crippen molar-refractivity contribution >= 4 is 40.6 Å². The lowest BCUT2D eigenvalue weighted by molar-refractivity contribution is -0.384. The van der Waals surface area contributed by atoms with Crippen molar-refractivity contribution in [3.8, 4) is 17.1 Å². The molecule has 0 unspecified atom stereocenters. The zero-order chi connectivity index (χ0) is 23.4. The van der Waals surface area contributed by atoms with Gasteiger partial charge < -0.3 is 5.32 Å². The number of non-ortho nitro benzene ring substituents is 1. The number of aromatic nitrogens is 4. The molecule has 166 valence electrons. The highest BCUT2D eigenvalue weighted by atomic mass is 35.5. The van der Waals surface area contributed by atoms with Gasteiger partial charge in [0.1, 0.15) is 0 Å². The third kappa shape index (κ3) is 5.18. The number of hydrogen-bond acceptors (Lipinski definition) is 7. The number of nitro benzene ring substituents is 1. The Kier molecular flexibility index (Phi) is 6.66. The van der Waals surface area contributed by atoms with Crippen molar-refractivity contribution < 1.29 is 9.72 Å². The third-order valence-electron chi connectivity index (χ3n) is 4.62. The van der Waals surface area contributed by atoms with Crippen LogP contribution in [0.3, 0.4) is 0 Å². The molecule has 4 aromatic rings. The van der Waals surface area contributed by atoms with Crippen LogP contribution in [0, 0.1) is 10.1 Å². The van der Waals surface area contributed by atoms with E-state index in [1.807, 2.05) is 22.8 Å². The van der Waals surface area contributed by atoms with Crippen molar-refractivity contribution in [3.05, 3.63) is 88.2 Å². The Bertz CT molecular complexity index is 1300. The molecule has 0 bridgehead atoms. The predicted molar refractivity (Wildman–Crippen MR) is 127 cm³/mol. The van der Waals surface area contributed by atoms with Gasteiger partial charge in [-0.2, -0.15) is 0 Å². The van der Waals surface area contributed by atoms with Gasteiger partial charge in [0.25, 0.3) is 5.69 Å². The van der Waals surface area contributed by atoms with E-state index in [0.29, 0.717) is 21.7 Å². The van der Waals surface area contributed by atoms with Gasteiger partial charge in [0.15, 0.2) is 11.0 Å². The zero-order valence-corrected chi connectivity index (χ0v) is 18.8. The number of halogens is 1. The van der Waals surface area contributed by atoms with Crippen LogP contribution in [0.4, 0.5) is 11.4 Å². The highest BCUT2D eigenvalue weighted by molar-refractivity contribution is 8.00. The molecule has 1 atom stereocenters. The molecule has 1 N–H and O–H groups in total.